The molecule has 0 fully saturated rings. The lowest BCUT2D eigenvalue weighted by Gasteiger charge is -2.00. The summed E-state index contributed by atoms with van der Waals surface area (Å²) < 4.78 is 0. The van der Waals surface area contributed by atoms with E-state index in [0.29, 0.717) is 15.7 Å². The van der Waals surface area contributed by atoms with Crippen molar-refractivity contribution in [2.24, 2.45) is 0 Å². The number of hydrogen-bond acceptors (Lipinski definition) is 6. The Kier molecular flexibility index (Phi) is 2.92. The first-order chi connectivity index (χ1) is 9.16. The maximum Gasteiger partial charge on any atom is 0.269 e. The summed E-state index contributed by atoms with van der Waals surface area (Å²) in [5.74, 6) is -0.241. The summed E-state index contributed by atoms with van der Waals surface area (Å²) in [6.45, 7) is 1.95. The first kappa shape index (κ1) is 12.1. The number of pyridine rings is 1. The van der Waals surface area contributed by atoms with Gasteiger partial charge in [-0.25, -0.2) is 9.97 Å². The van der Waals surface area contributed by atoms with Gasteiger partial charge >= 0.3 is 0 Å². The first-order valence-corrected chi connectivity index (χ1v) is 7.21. The quantitative estimate of drug-likeness (QED) is 0.760. The number of aryl methyl sites for hydroxylation is 1. The fraction of sp³-hybridized carbons (Fsp3) is 0.0833. The number of carbonyl (C=O) groups excluding carboxylic acids is 1. The number of amides is 1. The molecule has 3 N–H and O–H groups in total. The van der Waals surface area contributed by atoms with Gasteiger partial charge in [-0.15, -0.1) is 22.7 Å². The molecule has 0 aromatic carbocycles. The lowest BCUT2D eigenvalue weighted by Crippen LogP contribution is -2.11. The average Bonchev–Trinajstić information content (AvgIpc) is 2.98. The molecule has 0 saturated heterocycles. The van der Waals surface area contributed by atoms with Gasteiger partial charge < -0.3 is 5.73 Å². The van der Waals surface area contributed by atoms with E-state index in [1.54, 1.807) is 17.8 Å². The lowest BCUT2D eigenvalue weighted by molar-refractivity contribution is 0.103. The van der Waals surface area contributed by atoms with Crippen molar-refractivity contribution in [3.8, 4) is 0 Å². The molecule has 96 valence electrons. The number of thiazole rings is 1. The van der Waals surface area contributed by atoms with Gasteiger partial charge in [0.05, 0.1) is 5.69 Å². The highest BCUT2D eigenvalue weighted by Gasteiger charge is 2.18. The summed E-state index contributed by atoms with van der Waals surface area (Å²) in [5, 5.41) is 5.95. The highest BCUT2D eigenvalue weighted by molar-refractivity contribution is 7.21. The van der Waals surface area contributed by atoms with E-state index in [1.165, 1.54) is 22.7 Å². The van der Waals surface area contributed by atoms with Crippen LogP contribution in [-0.4, -0.2) is 15.9 Å². The van der Waals surface area contributed by atoms with Crippen LogP contribution in [0, 0.1) is 6.92 Å². The number of carbonyl (C=O) groups is 1. The number of nitrogens with two attached hydrogens (primary N) is 1. The molecule has 0 saturated carbocycles. The molecule has 0 spiro atoms. The van der Waals surface area contributed by atoms with Crippen LogP contribution in [0.25, 0.3) is 10.2 Å². The Morgan fingerprint density at radius 1 is 1.37 bits per heavy atom. The smallest absolute Gasteiger partial charge is 0.269 e. The van der Waals surface area contributed by atoms with Gasteiger partial charge in [0.15, 0.2) is 5.13 Å². The summed E-state index contributed by atoms with van der Waals surface area (Å²) >= 11 is 2.66. The molecule has 5 nitrogen and oxygen atoms in total. The summed E-state index contributed by atoms with van der Waals surface area (Å²) in [6, 6.07) is 1.88. The first-order valence-electron chi connectivity index (χ1n) is 5.51. The Bertz CT molecular complexity index is 749. The minimum atomic E-state index is -0.241. The van der Waals surface area contributed by atoms with Crippen molar-refractivity contribution >= 4 is 49.6 Å². The number of nitrogens with one attached hydrogen (secondary N) is 1. The summed E-state index contributed by atoms with van der Waals surface area (Å²) in [6.07, 6.45) is 3.36. The Morgan fingerprint density at radius 2 is 2.21 bits per heavy atom. The number of anilines is 2. The van der Waals surface area contributed by atoms with E-state index in [1.807, 2.05) is 13.0 Å². The molecule has 0 unspecified atom stereocenters. The van der Waals surface area contributed by atoms with E-state index >= 15 is 0 Å². The van der Waals surface area contributed by atoms with Crippen molar-refractivity contribution in [3.05, 3.63) is 34.3 Å². The molecule has 3 aromatic rings. The maximum atomic E-state index is 12.2. The Labute approximate surface area is 117 Å². The van der Waals surface area contributed by atoms with Gasteiger partial charge in [0.2, 0.25) is 0 Å². The highest BCUT2D eigenvalue weighted by Crippen LogP contribution is 2.34. The monoisotopic (exact) mass is 290 g/mol. The molecular weight excluding hydrogens is 280 g/mol. The van der Waals surface area contributed by atoms with Gasteiger partial charge in [0.1, 0.15) is 9.71 Å². The highest BCUT2D eigenvalue weighted by atomic mass is 32.1. The molecule has 3 aromatic heterocycles. The number of hydrogen-bond donors (Lipinski definition) is 2. The molecule has 0 radical (unpaired) electrons. The van der Waals surface area contributed by atoms with Gasteiger partial charge in [-0.2, -0.15) is 0 Å². The minimum Gasteiger partial charge on any atom is -0.397 e. The van der Waals surface area contributed by atoms with Crippen LogP contribution in [0.2, 0.25) is 0 Å². The molecule has 0 aliphatic heterocycles. The van der Waals surface area contributed by atoms with Gasteiger partial charge in [0.25, 0.3) is 5.91 Å². The second-order valence-electron chi connectivity index (χ2n) is 3.94. The maximum absolute atomic E-state index is 12.2. The van der Waals surface area contributed by atoms with Crippen LogP contribution in [0.3, 0.4) is 0 Å². The van der Waals surface area contributed by atoms with Crippen molar-refractivity contribution < 1.29 is 4.79 Å². The van der Waals surface area contributed by atoms with Gasteiger partial charge in [-0.3, -0.25) is 10.1 Å². The topological polar surface area (TPSA) is 80.9 Å². The van der Waals surface area contributed by atoms with Crippen molar-refractivity contribution in [3.63, 3.8) is 0 Å². The molecule has 0 aliphatic rings. The standard InChI is InChI=1S/C12H10N4OS2/c1-6-2-3-14-11-7(6)8(13)9(19-11)10(17)16-12-15-4-5-18-12/h2-5H,13H2,1H3,(H,15,16,17). The molecule has 0 atom stereocenters. The molecule has 1 amide bonds. The third-order valence-corrected chi connectivity index (χ3v) is 4.50. The summed E-state index contributed by atoms with van der Waals surface area (Å²) in [5.41, 5.74) is 7.57. The average molecular weight is 290 g/mol. The van der Waals surface area contributed by atoms with Gasteiger partial charge in [-0.05, 0) is 18.6 Å². The van der Waals surface area contributed by atoms with Crippen LogP contribution < -0.4 is 11.1 Å². The van der Waals surface area contributed by atoms with Crippen molar-refractivity contribution in [1.82, 2.24) is 9.97 Å². The summed E-state index contributed by atoms with van der Waals surface area (Å²) in [4.78, 5) is 21.7. The van der Waals surface area contributed by atoms with E-state index < -0.39 is 0 Å². The van der Waals surface area contributed by atoms with E-state index in [0.717, 1.165) is 15.8 Å². The van der Waals surface area contributed by atoms with Crippen molar-refractivity contribution in [2.45, 2.75) is 6.92 Å². The van der Waals surface area contributed by atoms with Crippen LogP contribution in [0.15, 0.2) is 23.8 Å². The van der Waals surface area contributed by atoms with E-state index in [4.69, 9.17) is 5.73 Å². The Hall–Kier alpha value is -1.99. The van der Waals surface area contributed by atoms with E-state index in [2.05, 4.69) is 15.3 Å². The normalized spacial score (nSPS) is 10.8. The molecule has 19 heavy (non-hydrogen) atoms. The van der Waals surface area contributed by atoms with Gasteiger partial charge in [0, 0.05) is 23.2 Å². The number of fused-ring (bicyclic) bond motifs is 1. The predicted octanol–water partition coefficient (Wildman–Crippen LogP) is 2.90. The second kappa shape index (κ2) is 4.60. The summed E-state index contributed by atoms with van der Waals surface area (Å²) in [7, 11) is 0. The van der Waals surface area contributed by atoms with Crippen LogP contribution in [0.4, 0.5) is 10.8 Å². The number of rotatable bonds is 2. The molecule has 0 bridgehead atoms. The largest absolute Gasteiger partial charge is 0.397 e. The molecule has 7 heteroatoms. The van der Waals surface area contributed by atoms with Crippen LogP contribution >= 0.6 is 22.7 Å². The van der Waals surface area contributed by atoms with E-state index in [9.17, 15) is 4.79 Å². The van der Waals surface area contributed by atoms with Crippen LogP contribution in [-0.2, 0) is 0 Å². The number of aromatic nitrogens is 2. The zero-order chi connectivity index (χ0) is 13.4. The van der Waals surface area contributed by atoms with Crippen LogP contribution in [0.1, 0.15) is 15.2 Å². The fourth-order valence-corrected chi connectivity index (χ4v) is 3.37. The lowest BCUT2D eigenvalue weighted by atomic mass is 10.2. The number of thiophene rings is 1. The second-order valence-corrected chi connectivity index (χ2v) is 5.84. The SMILES string of the molecule is Cc1ccnc2sc(C(=O)Nc3nccs3)c(N)c12. The number of nitrogens with zero attached hydrogens (tertiary/aromatic N) is 2. The predicted molar refractivity (Wildman–Crippen MR) is 78.8 cm³/mol. The molecule has 0 aliphatic carbocycles. The fourth-order valence-electron chi connectivity index (χ4n) is 1.81. The molecule has 3 heterocycles. The van der Waals surface area contributed by atoms with Gasteiger partial charge in [-0.1, -0.05) is 0 Å². The number of nitrogen functional groups attached to an aromatic ring is 1. The van der Waals surface area contributed by atoms with E-state index in [-0.39, 0.29) is 5.91 Å². The Balaban J connectivity index is 2.03. The third-order valence-electron chi connectivity index (χ3n) is 2.70. The molecule has 3 rings (SSSR count). The minimum absolute atomic E-state index is 0.241. The Morgan fingerprint density at radius 3 is 2.89 bits per heavy atom. The van der Waals surface area contributed by atoms with Crippen molar-refractivity contribution in [2.75, 3.05) is 11.1 Å². The zero-order valence-corrected chi connectivity index (χ0v) is 11.6. The third kappa shape index (κ3) is 2.06. The zero-order valence-electron chi connectivity index (χ0n) is 10.0. The van der Waals surface area contributed by atoms with Crippen molar-refractivity contribution in [1.29, 1.82) is 0 Å². The molecular formula is C12H10N4OS2. The van der Waals surface area contributed by atoms with Crippen LogP contribution in [0.5, 0.6) is 0 Å².